The minimum Gasteiger partial charge on any atom is -0.360 e. The number of thiazole rings is 1. The van der Waals surface area contributed by atoms with Crippen molar-refractivity contribution in [2.24, 2.45) is 0 Å². The first kappa shape index (κ1) is 12.9. The number of benzene rings is 1. The fourth-order valence-corrected chi connectivity index (χ4v) is 2.84. The molecule has 2 aromatic heterocycles. The topological polar surface area (TPSA) is 57.8 Å². The van der Waals surface area contributed by atoms with E-state index >= 15 is 0 Å². The summed E-state index contributed by atoms with van der Waals surface area (Å²) in [5, 5.41) is 6.79. The molecule has 2 N–H and O–H groups in total. The minimum atomic E-state index is 0.0629. The van der Waals surface area contributed by atoms with Crippen LogP contribution in [0.4, 0.5) is 5.13 Å². The number of fused-ring (bicyclic) bond motifs is 1. The number of nitrogens with one attached hydrogen (secondary N) is 2. The van der Waals surface area contributed by atoms with Crippen molar-refractivity contribution in [2.45, 2.75) is 13.8 Å². The molecule has 0 saturated carbocycles. The molecule has 0 bridgehead atoms. The third-order valence-electron chi connectivity index (χ3n) is 3.16. The van der Waals surface area contributed by atoms with E-state index in [1.54, 1.807) is 6.20 Å². The molecule has 0 aliphatic rings. The fourth-order valence-electron chi connectivity index (χ4n) is 2.16. The Labute approximate surface area is 120 Å². The molecule has 2 heterocycles. The Morgan fingerprint density at radius 1 is 1.40 bits per heavy atom. The lowest BCUT2D eigenvalue weighted by atomic mass is 10.1. The molecule has 0 aliphatic carbocycles. The van der Waals surface area contributed by atoms with Gasteiger partial charge in [0, 0.05) is 28.0 Å². The number of aryl methyl sites for hydroxylation is 2. The van der Waals surface area contributed by atoms with E-state index < -0.39 is 0 Å². The molecule has 0 amide bonds. The first-order valence-corrected chi connectivity index (χ1v) is 7.28. The molecule has 0 atom stereocenters. The second kappa shape index (κ2) is 5.09. The van der Waals surface area contributed by atoms with E-state index in [4.69, 9.17) is 0 Å². The van der Waals surface area contributed by atoms with Crippen LogP contribution < -0.4 is 5.32 Å². The number of ketones is 1. The molecule has 0 spiro atoms. The monoisotopic (exact) mass is 285 g/mol. The number of aromatic amines is 1. The number of hydrogen-bond donors (Lipinski definition) is 2. The van der Waals surface area contributed by atoms with Gasteiger partial charge < -0.3 is 10.3 Å². The molecule has 3 aromatic rings. The highest BCUT2D eigenvalue weighted by atomic mass is 32.1. The van der Waals surface area contributed by atoms with Crippen molar-refractivity contribution < 1.29 is 4.79 Å². The van der Waals surface area contributed by atoms with E-state index in [-0.39, 0.29) is 12.3 Å². The van der Waals surface area contributed by atoms with Gasteiger partial charge >= 0.3 is 0 Å². The van der Waals surface area contributed by atoms with Gasteiger partial charge in [-0.1, -0.05) is 12.1 Å². The Bertz CT molecular complexity index is 772. The Morgan fingerprint density at radius 2 is 2.25 bits per heavy atom. The van der Waals surface area contributed by atoms with Gasteiger partial charge in [-0.15, -0.1) is 11.3 Å². The molecule has 0 unspecified atom stereocenters. The van der Waals surface area contributed by atoms with Crippen LogP contribution in [0.15, 0.2) is 29.8 Å². The summed E-state index contributed by atoms with van der Waals surface area (Å²) in [6, 6.07) is 6.05. The first-order valence-electron chi connectivity index (χ1n) is 6.40. The second-order valence-corrected chi connectivity index (χ2v) is 5.68. The Kier molecular flexibility index (Phi) is 3.28. The molecule has 102 valence electrons. The summed E-state index contributed by atoms with van der Waals surface area (Å²) < 4.78 is 0. The van der Waals surface area contributed by atoms with E-state index in [0.717, 1.165) is 27.3 Å². The van der Waals surface area contributed by atoms with Gasteiger partial charge in [-0.3, -0.25) is 4.79 Å². The normalized spacial score (nSPS) is 10.9. The van der Waals surface area contributed by atoms with Crippen LogP contribution in [0.5, 0.6) is 0 Å². The number of hydrogen-bond acceptors (Lipinski definition) is 4. The summed E-state index contributed by atoms with van der Waals surface area (Å²) in [6.07, 6.45) is 1.78. The zero-order valence-corrected chi connectivity index (χ0v) is 12.2. The molecule has 0 radical (unpaired) electrons. The summed E-state index contributed by atoms with van der Waals surface area (Å²) in [6.45, 7) is 4.23. The number of aromatic nitrogens is 2. The lowest BCUT2D eigenvalue weighted by Crippen LogP contribution is -2.13. The van der Waals surface area contributed by atoms with Gasteiger partial charge in [0.1, 0.15) is 0 Å². The van der Waals surface area contributed by atoms with Gasteiger partial charge in [0.05, 0.1) is 12.2 Å². The van der Waals surface area contributed by atoms with Crippen LogP contribution in [-0.2, 0) is 0 Å². The highest BCUT2D eigenvalue weighted by molar-refractivity contribution is 7.13. The zero-order valence-electron chi connectivity index (χ0n) is 11.4. The van der Waals surface area contributed by atoms with Gasteiger partial charge in [0.25, 0.3) is 0 Å². The van der Waals surface area contributed by atoms with Crippen LogP contribution in [0.1, 0.15) is 21.6 Å². The summed E-state index contributed by atoms with van der Waals surface area (Å²) >= 11 is 1.51. The summed E-state index contributed by atoms with van der Waals surface area (Å²) in [4.78, 5) is 19.7. The van der Waals surface area contributed by atoms with E-state index in [0.29, 0.717) is 0 Å². The molecule has 3 rings (SSSR count). The molecule has 0 saturated heterocycles. The van der Waals surface area contributed by atoms with Crippen molar-refractivity contribution in [3.05, 3.63) is 46.6 Å². The van der Waals surface area contributed by atoms with Gasteiger partial charge in [-0.2, -0.15) is 0 Å². The number of anilines is 1. The van der Waals surface area contributed by atoms with E-state index in [1.165, 1.54) is 16.9 Å². The van der Waals surface area contributed by atoms with Gasteiger partial charge in [-0.05, 0) is 25.5 Å². The van der Waals surface area contributed by atoms with Crippen molar-refractivity contribution in [1.29, 1.82) is 0 Å². The van der Waals surface area contributed by atoms with E-state index in [2.05, 4.69) is 15.3 Å². The van der Waals surface area contributed by atoms with Crippen LogP contribution in [0.25, 0.3) is 10.9 Å². The molecule has 1 aromatic carbocycles. The SMILES string of the molecule is Cc1ccc2c(C(=O)CNc3nc(C)cs3)c[nH]c2c1. The maximum atomic E-state index is 12.3. The van der Waals surface area contributed by atoms with Crippen LogP contribution in [-0.4, -0.2) is 22.3 Å². The van der Waals surface area contributed by atoms with Crippen molar-refractivity contribution in [3.63, 3.8) is 0 Å². The number of H-pyrrole nitrogens is 1. The van der Waals surface area contributed by atoms with Gasteiger partial charge in [0.2, 0.25) is 0 Å². The maximum Gasteiger partial charge on any atom is 0.184 e. The molecule has 5 heteroatoms. The first-order chi connectivity index (χ1) is 9.63. The molecular weight excluding hydrogens is 270 g/mol. The number of Topliss-reactive ketones (excluding diaryl/α,β-unsaturated/α-hetero) is 1. The predicted molar refractivity (Wildman–Crippen MR) is 82.7 cm³/mol. The van der Waals surface area contributed by atoms with Crippen molar-refractivity contribution in [1.82, 2.24) is 9.97 Å². The van der Waals surface area contributed by atoms with Crippen LogP contribution in [0, 0.1) is 13.8 Å². The summed E-state index contributed by atoms with van der Waals surface area (Å²) in [5.74, 6) is 0.0629. The summed E-state index contributed by atoms with van der Waals surface area (Å²) in [5.41, 5.74) is 3.86. The fraction of sp³-hybridized carbons (Fsp3) is 0.200. The van der Waals surface area contributed by atoms with E-state index in [9.17, 15) is 4.79 Å². The average Bonchev–Trinajstić information content (AvgIpc) is 3.01. The van der Waals surface area contributed by atoms with Crippen molar-refractivity contribution >= 4 is 33.2 Å². The second-order valence-electron chi connectivity index (χ2n) is 4.82. The standard InChI is InChI=1S/C15H15N3OS/c1-9-3-4-11-12(6-16-13(11)5-9)14(19)7-17-15-18-10(2)8-20-15/h3-6,8,16H,7H2,1-2H3,(H,17,18). The molecule has 0 aliphatic heterocycles. The van der Waals surface area contributed by atoms with Crippen molar-refractivity contribution in [2.75, 3.05) is 11.9 Å². The lowest BCUT2D eigenvalue weighted by Gasteiger charge is -2.01. The Morgan fingerprint density at radius 3 is 3.00 bits per heavy atom. The number of carbonyl (C=O) groups is 1. The molecule has 0 fully saturated rings. The van der Waals surface area contributed by atoms with Crippen LogP contribution >= 0.6 is 11.3 Å². The third kappa shape index (κ3) is 2.44. The third-order valence-corrected chi connectivity index (χ3v) is 4.07. The molecule has 20 heavy (non-hydrogen) atoms. The smallest absolute Gasteiger partial charge is 0.184 e. The number of rotatable bonds is 4. The van der Waals surface area contributed by atoms with Gasteiger partial charge in [0.15, 0.2) is 10.9 Å². The lowest BCUT2D eigenvalue weighted by molar-refractivity contribution is 0.101. The minimum absolute atomic E-state index is 0.0629. The number of nitrogens with zero attached hydrogens (tertiary/aromatic N) is 1. The van der Waals surface area contributed by atoms with Crippen LogP contribution in [0.2, 0.25) is 0 Å². The largest absolute Gasteiger partial charge is 0.360 e. The Balaban J connectivity index is 1.78. The van der Waals surface area contributed by atoms with Crippen LogP contribution in [0.3, 0.4) is 0 Å². The molecular formula is C15H15N3OS. The zero-order chi connectivity index (χ0) is 14.1. The highest BCUT2D eigenvalue weighted by Gasteiger charge is 2.12. The van der Waals surface area contributed by atoms with Crippen molar-refractivity contribution in [3.8, 4) is 0 Å². The predicted octanol–water partition coefficient (Wildman–Crippen LogP) is 3.54. The summed E-state index contributed by atoms with van der Waals surface area (Å²) in [7, 11) is 0. The average molecular weight is 285 g/mol. The molecule has 4 nitrogen and oxygen atoms in total. The maximum absolute atomic E-state index is 12.3. The Hall–Kier alpha value is -2.14. The quantitative estimate of drug-likeness (QED) is 0.721. The van der Waals surface area contributed by atoms with Gasteiger partial charge in [-0.25, -0.2) is 4.98 Å². The van der Waals surface area contributed by atoms with E-state index in [1.807, 2.05) is 37.4 Å². The highest BCUT2D eigenvalue weighted by Crippen LogP contribution is 2.20. The number of carbonyl (C=O) groups excluding carboxylic acids is 1.